The normalized spacial score (nSPS) is 13.8. The SMILES string of the molecule is O=C1c2ccccc2C(=O)N1c1cc(Br)c(Cl)c(Br)c1. The summed E-state index contributed by atoms with van der Waals surface area (Å²) in [5.41, 5.74) is 1.30. The van der Waals surface area contributed by atoms with Crippen LogP contribution in [0.4, 0.5) is 5.69 Å². The van der Waals surface area contributed by atoms with Crippen LogP contribution in [0, 0.1) is 0 Å². The zero-order valence-corrected chi connectivity index (χ0v) is 13.8. The van der Waals surface area contributed by atoms with Gasteiger partial charge < -0.3 is 0 Å². The van der Waals surface area contributed by atoms with Crippen LogP contribution in [0.5, 0.6) is 0 Å². The Balaban J connectivity index is 2.14. The van der Waals surface area contributed by atoms with E-state index in [1.165, 1.54) is 0 Å². The van der Waals surface area contributed by atoms with Gasteiger partial charge in [-0.3, -0.25) is 9.59 Å². The second-order valence-electron chi connectivity index (χ2n) is 4.21. The Morgan fingerprint density at radius 3 is 1.80 bits per heavy atom. The lowest BCUT2D eigenvalue weighted by molar-refractivity contribution is 0.0926. The van der Waals surface area contributed by atoms with Gasteiger partial charge in [0.15, 0.2) is 0 Å². The molecule has 2 amide bonds. The van der Waals surface area contributed by atoms with E-state index in [1.807, 2.05) is 0 Å². The summed E-state index contributed by atoms with van der Waals surface area (Å²) in [5, 5.41) is 0.491. The van der Waals surface area contributed by atoms with Crippen molar-refractivity contribution in [2.24, 2.45) is 0 Å². The average Bonchev–Trinajstić information content (AvgIpc) is 2.68. The van der Waals surface area contributed by atoms with Crippen LogP contribution in [0.15, 0.2) is 45.3 Å². The van der Waals surface area contributed by atoms with Crippen LogP contribution >= 0.6 is 43.5 Å². The van der Waals surface area contributed by atoms with Crippen molar-refractivity contribution >= 4 is 61.0 Å². The molecule has 3 nitrogen and oxygen atoms in total. The first-order valence-corrected chi connectivity index (χ1v) is 7.59. The Bertz CT molecular complexity index is 703. The van der Waals surface area contributed by atoms with Crippen LogP contribution in [-0.2, 0) is 0 Å². The molecule has 2 aromatic rings. The van der Waals surface area contributed by atoms with E-state index in [-0.39, 0.29) is 11.8 Å². The van der Waals surface area contributed by atoms with E-state index in [9.17, 15) is 9.59 Å². The molecular weight excluding hydrogens is 409 g/mol. The highest BCUT2D eigenvalue weighted by atomic mass is 79.9. The molecule has 0 atom stereocenters. The Hall–Kier alpha value is -1.17. The highest BCUT2D eigenvalue weighted by Crippen LogP contribution is 2.37. The van der Waals surface area contributed by atoms with Crippen LogP contribution in [-0.4, -0.2) is 11.8 Å². The Kier molecular flexibility index (Phi) is 3.44. The third-order valence-corrected chi connectivity index (χ3v) is 5.14. The molecule has 0 fully saturated rings. The van der Waals surface area contributed by atoms with E-state index >= 15 is 0 Å². The highest BCUT2D eigenvalue weighted by molar-refractivity contribution is 9.11. The maximum Gasteiger partial charge on any atom is 0.266 e. The zero-order chi connectivity index (χ0) is 14.4. The standard InChI is InChI=1S/C14H6Br2ClNO2/c15-10-5-7(6-11(16)12(10)17)18-13(19)8-3-1-2-4-9(8)14(18)20/h1-6H. The minimum absolute atomic E-state index is 0.327. The van der Waals surface area contributed by atoms with Crippen molar-refractivity contribution in [2.75, 3.05) is 4.90 Å². The molecule has 0 unspecified atom stereocenters. The molecule has 100 valence electrons. The molecule has 0 spiro atoms. The van der Waals surface area contributed by atoms with Gasteiger partial charge in [0.25, 0.3) is 11.8 Å². The van der Waals surface area contributed by atoms with Crippen LogP contribution in [0.1, 0.15) is 20.7 Å². The fourth-order valence-electron chi connectivity index (χ4n) is 2.09. The van der Waals surface area contributed by atoms with Gasteiger partial charge in [0.2, 0.25) is 0 Å². The lowest BCUT2D eigenvalue weighted by Gasteiger charge is -2.15. The lowest BCUT2D eigenvalue weighted by atomic mass is 10.1. The van der Waals surface area contributed by atoms with Crippen LogP contribution < -0.4 is 4.90 Å². The number of anilines is 1. The first-order valence-electron chi connectivity index (χ1n) is 5.63. The van der Waals surface area contributed by atoms with Crippen molar-refractivity contribution in [1.82, 2.24) is 0 Å². The molecule has 0 saturated carbocycles. The molecule has 1 heterocycles. The third kappa shape index (κ3) is 2.01. The summed E-state index contributed by atoms with van der Waals surface area (Å²) >= 11 is 12.7. The number of hydrogen-bond donors (Lipinski definition) is 0. The van der Waals surface area contributed by atoms with Gasteiger partial charge >= 0.3 is 0 Å². The first-order chi connectivity index (χ1) is 9.50. The molecule has 3 rings (SSSR count). The lowest BCUT2D eigenvalue weighted by Crippen LogP contribution is -2.29. The molecule has 20 heavy (non-hydrogen) atoms. The first kappa shape index (κ1) is 13.8. The smallest absolute Gasteiger partial charge is 0.266 e. The molecule has 0 aromatic heterocycles. The fourth-order valence-corrected chi connectivity index (χ4v) is 3.37. The molecule has 6 heteroatoms. The molecule has 1 aliphatic heterocycles. The molecule has 0 radical (unpaired) electrons. The fraction of sp³-hybridized carbons (Fsp3) is 0. The molecular formula is C14H6Br2ClNO2. The third-order valence-electron chi connectivity index (χ3n) is 3.02. The number of benzene rings is 2. The van der Waals surface area contributed by atoms with Crippen LogP contribution in [0.2, 0.25) is 5.02 Å². The summed E-state index contributed by atoms with van der Waals surface area (Å²) in [4.78, 5) is 25.9. The number of nitrogens with zero attached hydrogens (tertiary/aromatic N) is 1. The van der Waals surface area contributed by atoms with Crippen molar-refractivity contribution in [3.63, 3.8) is 0 Å². The van der Waals surface area contributed by atoms with Gasteiger partial charge in [0.1, 0.15) is 0 Å². The van der Waals surface area contributed by atoms with Crippen LogP contribution in [0.3, 0.4) is 0 Å². The van der Waals surface area contributed by atoms with Gasteiger partial charge in [-0.25, -0.2) is 4.90 Å². The number of imide groups is 1. The maximum atomic E-state index is 12.4. The Morgan fingerprint density at radius 2 is 1.35 bits per heavy atom. The van der Waals surface area contributed by atoms with Gasteiger partial charge in [0.05, 0.1) is 21.8 Å². The summed E-state index contributed by atoms with van der Waals surface area (Å²) in [6, 6.07) is 10.1. The number of fused-ring (bicyclic) bond motifs is 1. The predicted molar refractivity (Wildman–Crippen MR) is 84.4 cm³/mol. The van der Waals surface area contributed by atoms with Crippen molar-refractivity contribution in [3.8, 4) is 0 Å². The van der Waals surface area contributed by atoms with E-state index in [4.69, 9.17) is 11.6 Å². The Morgan fingerprint density at radius 1 is 0.900 bits per heavy atom. The molecule has 0 bridgehead atoms. The molecule has 0 aliphatic carbocycles. The monoisotopic (exact) mass is 413 g/mol. The summed E-state index contributed by atoms with van der Waals surface area (Å²) in [5.74, 6) is -0.654. The maximum absolute atomic E-state index is 12.4. The van der Waals surface area contributed by atoms with Gasteiger partial charge in [-0.1, -0.05) is 23.7 Å². The largest absolute Gasteiger partial charge is 0.268 e. The zero-order valence-electron chi connectivity index (χ0n) is 9.86. The predicted octanol–water partition coefficient (Wildman–Crippen LogP) is 4.67. The molecule has 1 aliphatic rings. The van der Waals surface area contributed by atoms with Gasteiger partial charge in [-0.15, -0.1) is 0 Å². The minimum atomic E-state index is -0.327. The quantitative estimate of drug-likeness (QED) is 0.502. The summed E-state index contributed by atoms with van der Waals surface area (Å²) in [7, 11) is 0. The highest BCUT2D eigenvalue weighted by Gasteiger charge is 2.36. The van der Waals surface area contributed by atoms with Crippen molar-refractivity contribution in [3.05, 3.63) is 61.5 Å². The number of halogens is 3. The van der Waals surface area contributed by atoms with E-state index in [1.54, 1.807) is 36.4 Å². The van der Waals surface area contributed by atoms with Gasteiger partial charge in [0, 0.05) is 8.95 Å². The van der Waals surface area contributed by atoms with Crippen molar-refractivity contribution < 1.29 is 9.59 Å². The van der Waals surface area contributed by atoms with E-state index in [2.05, 4.69) is 31.9 Å². The Labute approximate surface area is 136 Å². The summed E-state index contributed by atoms with van der Waals surface area (Å²) in [6.45, 7) is 0. The van der Waals surface area contributed by atoms with Crippen molar-refractivity contribution in [1.29, 1.82) is 0 Å². The second-order valence-corrected chi connectivity index (χ2v) is 6.30. The number of hydrogen-bond acceptors (Lipinski definition) is 2. The topological polar surface area (TPSA) is 37.4 Å². The van der Waals surface area contributed by atoms with Gasteiger partial charge in [-0.05, 0) is 56.1 Å². The minimum Gasteiger partial charge on any atom is -0.268 e. The summed E-state index contributed by atoms with van der Waals surface area (Å²) in [6.07, 6.45) is 0. The van der Waals surface area contributed by atoms with Crippen LogP contribution in [0.25, 0.3) is 0 Å². The van der Waals surface area contributed by atoms with E-state index in [0.29, 0.717) is 30.8 Å². The second kappa shape index (κ2) is 4.98. The molecule has 0 saturated heterocycles. The van der Waals surface area contributed by atoms with Crippen molar-refractivity contribution in [2.45, 2.75) is 0 Å². The van der Waals surface area contributed by atoms with Gasteiger partial charge in [-0.2, -0.15) is 0 Å². The number of carbonyl (C=O) groups excluding carboxylic acids is 2. The van der Waals surface area contributed by atoms with E-state index in [0.717, 1.165) is 4.90 Å². The molecule has 0 N–H and O–H groups in total. The molecule has 2 aromatic carbocycles. The number of amides is 2. The number of rotatable bonds is 1. The summed E-state index contributed by atoms with van der Waals surface area (Å²) < 4.78 is 1.22. The average molecular weight is 415 g/mol. The number of carbonyl (C=O) groups is 2. The van der Waals surface area contributed by atoms with E-state index < -0.39 is 0 Å².